The number of likely N-dealkylation sites (N-methyl/N-ethyl adjacent to an activating group) is 1. The monoisotopic (exact) mass is 341 g/mol. The number of nitrogens with zero attached hydrogens (tertiary/aromatic N) is 3. The summed E-state index contributed by atoms with van der Waals surface area (Å²) in [6.07, 6.45) is 2.60. The molecule has 3 nitrogen and oxygen atoms in total. The van der Waals surface area contributed by atoms with Gasteiger partial charge in [-0.2, -0.15) is 0 Å². The van der Waals surface area contributed by atoms with Crippen LogP contribution in [-0.2, 0) is 0 Å². The second-order valence-corrected chi connectivity index (χ2v) is 7.97. The first kappa shape index (κ1) is 16.1. The van der Waals surface area contributed by atoms with Gasteiger partial charge in [-0.3, -0.25) is 4.90 Å². The van der Waals surface area contributed by atoms with Crippen LogP contribution in [-0.4, -0.2) is 62.2 Å². The molecule has 1 aromatic carbocycles. The predicted molar refractivity (Wildman–Crippen MR) is 104 cm³/mol. The fraction of sp³-hybridized carbons (Fsp3) is 0.500. The summed E-state index contributed by atoms with van der Waals surface area (Å²) in [6.45, 7) is 7.32. The summed E-state index contributed by atoms with van der Waals surface area (Å²) in [5, 5.41) is 2.24. The van der Waals surface area contributed by atoms with Gasteiger partial charge < -0.3 is 9.80 Å². The normalized spacial score (nSPS) is 21.3. The van der Waals surface area contributed by atoms with Gasteiger partial charge in [0.25, 0.3) is 0 Å². The van der Waals surface area contributed by atoms with E-state index in [0.717, 1.165) is 6.04 Å². The zero-order valence-corrected chi connectivity index (χ0v) is 15.3. The number of benzene rings is 1. The van der Waals surface area contributed by atoms with Gasteiger partial charge in [-0.15, -0.1) is 11.3 Å². The van der Waals surface area contributed by atoms with Gasteiger partial charge in [0.1, 0.15) is 0 Å². The van der Waals surface area contributed by atoms with E-state index < -0.39 is 0 Å². The molecule has 2 aromatic rings. The molecule has 128 valence electrons. The van der Waals surface area contributed by atoms with E-state index >= 15 is 0 Å². The van der Waals surface area contributed by atoms with Crippen molar-refractivity contribution in [1.82, 2.24) is 9.80 Å². The topological polar surface area (TPSA) is 9.72 Å². The molecule has 0 amide bonds. The molecule has 4 heteroatoms. The van der Waals surface area contributed by atoms with E-state index in [1.807, 2.05) is 11.3 Å². The SMILES string of the molecule is CN1CCN(C2CCN(c3ccsc3-c3ccccc3)CC2)CC1. The third-order valence-corrected chi connectivity index (χ3v) is 6.49. The molecule has 2 aliphatic rings. The van der Waals surface area contributed by atoms with Gasteiger partial charge in [0.2, 0.25) is 0 Å². The Balaban J connectivity index is 1.41. The third-order valence-electron chi connectivity index (χ3n) is 5.54. The summed E-state index contributed by atoms with van der Waals surface area (Å²) in [5.74, 6) is 0. The quantitative estimate of drug-likeness (QED) is 0.844. The summed E-state index contributed by atoms with van der Waals surface area (Å²) in [7, 11) is 2.24. The maximum Gasteiger partial charge on any atom is 0.0576 e. The van der Waals surface area contributed by atoms with Crippen LogP contribution in [0.15, 0.2) is 41.8 Å². The summed E-state index contributed by atoms with van der Waals surface area (Å²) in [4.78, 5) is 9.20. The zero-order valence-electron chi connectivity index (χ0n) is 14.5. The Morgan fingerprint density at radius 3 is 2.29 bits per heavy atom. The maximum absolute atomic E-state index is 2.73. The molecule has 1 aromatic heterocycles. The second-order valence-electron chi connectivity index (χ2n) is 7.06. The fourth-order valence-electron chi connectivity index (χ4n) is 4.02. The molecule has 24 heavy (non-hydrogen) atoms. The maximum atomic E-state index is 2.73. The Kier molecular flexibility index (Phi) is 4.88. The highest BCUT2D eigenvalue weighted by molar-refractivity contribution is 7.14. The Morgan fingerprint density at radius 1 is 0.875 bits per heavy atom. The first-order valence-corrected chi connectivity index (χ1v) is 10.00. The van der Waals surface area contributed by atoms with Crippen LogP contribution in [0.3, 0.4) is 0 Å². The van der Waals surface area contributed by atoms with Gasteiger partial charge >= 0.3 is 0 Å². The summed E-state index contributed by atoms with van der Waals surface area (Å²) >= 11 is 1.87. The minimum Gasteiger partial charge on any atom is -0.370 e. The van der Waals surface area contributed by atoms with Gasteiger partial charge in [0.05, 0.1) is 10.6 Å². The molecular formula is C20H27N3S. The lowest BCUT2D eigenvalue weighted by atomic mass is 10.0. The van der Waals surface area contributed by atoms with Crippen molar-refractivity contribution < 1.29 is 0 Å². The Labute approximate surface area is 149 Å². The summed E-state index contributed by atoms with van der Waals surface area (Å²) in [6, 6.07) is 13.9. The molecule has 2 saturated heterocycles. The van der Waals surface area contributed by atoms with Gasteiger partial charge in [-0.1, -0.05) is 30.3 Å². The second kappa shape index (κ2) is 7.26. The fourth-order valence-corrected chi connectivity index (χ4v) is 4.94. The van der Waals surface area contributed by atoms with E-state index in [0.29, 0.717) is 0 Å². The van der Waals surface area contributed by atoms with E-state index in [1.165, 1.54) is 68.2 Å². The van der Waals surface area contributed by atoms with Crippen LogP contribution in [0.25, 0.3) is 10.4 Å². The number of piperidine rings is 1. The molecule has 2 fully saturated rings. The van der Waals surface area contributed by atoms with Crippen LogP contribution >= 0.6 is 11.3 Å². The highest BCUT2D eigenvalue weighted by atomic mass is 32.1. The van der Waals surface area contributed by atoms with E-state index in [-0.39, 0.29) is 0 Å². The van der Waals surface area contributed by atoms with Crippen molar-refractivity contribution in [2.45, 2.75) is 18.9 Å². The first-order chi connectivity index (χ1) is 11.8. The third kappa shape index (κ3) is 3.37. The molecule has 3 heterocycles. The summed E-state index contributed by atoms with van der Waals surface area (Å²) in [5.41, 5.74) is 2.78. The van der Waals surface area contributed by atoms with Crippen LogP contribution < -0.4 is 4.90 Å². The number of thiophene rings is 1. The Morgan fingerprint density at radius 2 is 1.58 bits per heavy atom. The van der Waals surface area contributed by atoms with Crippen molar-refractivity contribution >= 4 is 17.0 Å². The Hall–Kier alpha value is -1.36. The summed E-state index contributed by atoms with van der Waals surface area (Å²) < 4.78 is 0. The Bertz CT molecular complexity index is 638. The van der Waals surface area contributed by atoms with E-state index in [4.69, 9.17) is 0 Å². The van der Waals surface area contributed by atoms with Crippen LogP contribution in [0.5, 0.6) is 0 Å². The molecule has 4 rings (SSSR count). The number of rotatable bonds is 3. The molecule has 0 N–H and O–H groups in total. The average molecular weight is 342 g/mol. The van der Waals surface area contributed by atoms with Crippen LogP contribution in [0.4, 0.5) is 5.69 Å². The number of piperazine rings is 1. The molecule has 0 unspecified atom stereocenters. The lowest BCUT2D eigenvalue weighted by Gasteiger charge is -2.42. The van der Waals surface area contributed by atoms with Crippen molar-refractivity contribution in [2.75, 3.05) is 51.2 Å². The molecule has 0 saturated carbocycles. The molecule has 0 spiro atoms. The number of anilines is 1. The molecule has 0 atom stereocenters. The van der Waals surface area contributed by atoms with Gasteiger partial charge in [-0.05, 0) is 36.9 Å². The highest BCUT2D eigenvalue weighted by Gasteiger charge is 2.27. The van der Waals surface area contributed by atoms with Crippen LogP contribution in [0.1, 0.15) is 12.8 Å². The largest absolute Gasteiger partial charge is 0.370 e. The number of hydrogen-bond donors (Lipinski definition) is 0. The number of hydrogen-bond acceptors (Lipinski definition) is 4. The molecule has 2 aliphatic heterocycles. The van der Waals surface area contributed by atoms with Crippen molar-refractivity contribution in [1.29, 1.82) is 0 Å². The standard InChI is InChI=1S/C20H27N3S/c1-21-12-14-22(15-13-21)18-7-10-23(11-8-18)19-9-16-24-20(19)17-5-3-2-4-6-17/h2-6,9,16,18H,7-8,10-15H2,1H3. The smallest absolute Gasteiger partial charge is 0.0576 e. The highest BCUT2D eigenvalue weighted by Crippen LogP contribution is 2.37. The molecule has 0 aliphatic carbocycles. The predicted octanol–water partition coefficient (Wildman–Crippen LogP) is 3.63. The molecule has 0 radical (unpaired) electrons. The lowest BCUT2D eigenvalue weighted by molar-refractivity contribution is 0.0982. The van der Waals surface area contributed by atoms with Gasteiger partial charge in [0, 0.05) is 45.3 Å². The van der Waals surface area contributed by atoms with E-state index in [2.05, 4.69) is 63.5 Å². The minimum absolute atomic E-state index is 0.786. The van der Waals surface area contributed by atoms with Crippen LogP contribution in [0, 0.1) is 0 Å². The minimum atomic E-state index is 0.786. The molecular weight excluding hydrogens is 314 g/mol. The van der Waals surface area contributed by atoms with Gasteiger partial charge in [0.15, 0.2) is 0 Å². The van der Waals surface area contributed by atoms with E-state index in [9.17, 15) is 0 Å². The average Bonchev–Trinajstić information content (AvgIpc) is 3.13. The van der Waals surface area contributed by atoms with Crippen molar-refractivity contribution in [2.24, 2.45) is 0 Å². The van der Waals surface area contributed by atoms with Crippen molar-refractivity contribution in [3.8, 4) is 10.4 Å². The lowest BCUT2D eigenvalue weighted by Crippen LogP contribution is -2.52. The zero-order chi connectivity index (χ0) is 16.4. The van der Waals surface area contributed by atoms with Gasteiger partial charge in [-0.25, -0.2) is 0 Å². The van der Waals surface area contributed by atoms with Crippen molar-refractivity contribution in [3.05, 3.63) is 41.8 Å². The first-order valence-electron chi connectivity index (χ1n) is 9.12. The van der Waals surface area contributed by atoms with Crippen LogP contribution in [0.2, 0.25) is 0 Å². The molecule has 0 bridgehead atoms. The van der Waals surface area contributed by atoms with Crippen molar-refractivity contribution in [3.63, 3.8) is 0 Å². The van der Waals surface area contributed by atoms with E-state index in [1.54, 1.807) is 0 Å².